The molecule has 0 aliphatic carbocycles. The molecule has 0 fully saturated rings. The van der Waals surface area contributed by atoms with Gasteiger partial charge in [0, 0.05) is 26.3 Å². The summed E-state index contributed by atoms with van der Waals surface area (Å²) in [6.45, 7) is 6.07. The number of nitrogens with one attached hydrogen (secondary N) is 2. The van der Waals surface area contributed by atoms with Crippen LogP contribution in [0.1, 0.15) is 26.3 Å². The predicted molar refractivity (Wildman–Crippen MR) is 77.0 cm³/mol. The first-order chi connectivity index (χ1) is 8.78. The molecule has 5 heteroatoms. The summed E-state index contributed by atoms with van der Waals surface area (Å²) < 4.78 is 0. The van der Waals surface area contributed by atoms with E-state index in [2.05, 4.69) is 10.8 Å². The Kier molecular flexibility index (Phi) is 5.18. The normalized spacial score (nSPS) is 11.0. The van der Waals surface area contributed by atoms with Crippen molar-refractivity contribution in [2.24, 2.45) is 0 Å². The molecule has 0 aliphatic heterocycles. The summed E-state index contributed by atoms with van der Waals surface area (Å²) in [4.78, 5) is 18.7. The van der Waals surface area contributed by atoms with Gasteiger partial charge < -0.3 is 10.2 Å². The fourth-order valence-corrected chi connectivity index (χ4v) is 1.33. The van der Waals surface area contributed by atoms with Crippen molar-refractivity contribution in [1.29, 1.82) is 0 Å². The third-order valence-corrected chi connectivity index (χ3v) is 2.36. The zero-order chi connectivity index (χ0) is 14.5. The van der Waals surface area contributed by atoms with Crippen molar-refractivity contribution in [2.45, 2.75) is 32.9 Å². The van der Waals surface area contributed by atoms with Crippen LogP contribution in [0.3, 0.4) is 0 Å². The molecule has 19 heavy (non-hydrogen) atoms. The summed E-state index contributed by atoms with van der Waals surface area (Å²) >= 11 is 0. The lowest BCUT2D eigenvalue weighted by molar-refractivity contribution is -0.0529. The molecule has 106 valence electrons. The van der Waals surface area contributed by atoms with Crippen LogP contribution in [0.4, 0.5) is 10.5 Å². The van der Waals surface area contributed by atoms with Gasteiger partial charge in [0.15, 0.2) is 0 Å². The van der Waals surface area contributed by atoms with Crippen LogP contribution in [0.15, 0.2) is 24.3 Å². The molecule has 0 aromatic heterocycles. The van der Waals surface area contributed by atoms with Crippen LogP contribution >= 0.6 is 0 Å². The Bertz CT molecular complexity index is 408. The highest BCUT2D eigenvalue weighted by Crippen LogP contribution is 2.11. The minimum Gasteiger partial charge on any atom is -0.378 e. The first-order valence-electron chi connectivity index (χ1n) is 6.26. The minimum atomic E-state index is -0.398. The van der Waals surface area contributed by atoms with Gasteiger partial charge in [-0.3, -0.25) is 4.84 Å². The minimum absolute atomic E-state index is 0.341. The molecule has 0 saturated heterocycles. The number of rotatable bonds is 4. The number of carbonyl (C=O) groups excluding carboxylic acids is 1. The van der Waals surface area contributed by atoms with Crippen molar-refractivity contribution in [3.8, 4) is 0 Å². The second kappa shape index (κ2) is 6.43. The fourth-order valence-electron chi connectivity index (χ4n) is 1.33. The molecular weight excluding hydrogens is 242 g/mol. The maximum atomic E-state index is 11.5. The Labute approximate surface area is 114 Å². The fraction of sp³-hybridized carbons (Fsp3) is 0.500. The van der Waals surface area contributed by atoms with Crippen LogP contribution < -0.4 is 15.7 Å². The van der Waals surface area contributed by atoms with Crippen LogP contribution in [0.25, 0.3) is 0 Å². The lowest BCUT2D eigenvalue weighted by Gasteiger charge is -2.19. The van der Waals surface area contributed by atoms with E-state index in [-0.39, 0.29) is 6.03 Å². The molecule has 0 bridgehead atoms. The van der Waals surface area contributed by atoms with Gasteiger partial charge in [-0.05, 0) is 38.5 Å². The molecule has 0 heterocycles. The number of nitrogens with zero attached hydrogens (tertiary/aromatic N) is 1. The van der Waals surface area contributed by atoms with Crippen molar-refractivity contribution in [2.75, 3.05) is 19.0 Å². The molecule has 0 atom stereocenters. The summed E-state index contributed by atoms with van der Waals surface area (Å²) in [5.74, 6) is 0. The number of amides is 2. The molecule has 0 saturated carbocycles. The van der Waals surface area contributed by atoms with Crippen LogP contribution in [0, 0.1) is 0 Å². The highest BCUT2D eigenvalue weighted by molar-refractivity contribution is 5.72. The van der Waals surface area contributed by atoms with Crippen molar-refractivity contribution >= 4 is 11.7 Å². The van der Waals surface area contributed by atoms with Crippen LogP contribution in [0.2, 0.25) is 0 Å². The summed E-state index contributed by atoms with van der Waals surface area (Å²) in [6, 6.07) is 7.66. The standard InChI is InChI=1S/C14H23N3O2/c1-14(2,3)19-16-13(18)15-10-11-6-8-12(9-7-11)17(4)5/h6-9H,10H2,1-5H3,(H2,15,16,18). The number of benzene rings is 1. The van der Waals surface area contributed by atoms with Gasteiger partial charge in [0.1, 0.15) is 0 Å². The monoisotopic (exact) mass is 265 g/mol. The van der Waals surface area contributed by atoms with Crippen molar-refractivity contribution < 1.29 is 9.63 Å². The van der Waals surface area contributed by atoms with E-state index in [0.29, 0.717) is 6.54 Å². The van der Waals surface area contributed by atoms with Gasteiger partial charge in [-0.2, -0.15) is 0 Å². The quantitative estimate of drug-likeness (QED) is 0.821. The molecular formula is C14H23N3O2. The lowest BCUT2D eigenvalue weighted by Crippen LogP contribution is -2.39. The Hall–Kier alpha value is -1.75. The average Bonchev–Trinajstić information content (AvgIpc) is 2.33. The Morgan fingerprint density at radius 1 is 1.21 bits per heavy atom. The van der Waals surface area contributed by atoms with Gasteiger partial charge in [-0.1, -0.05) is 12.1 Å². The van der Waals surface area contributed by atoms with E-state index in [9.17, 15) is 4.79 Å². The predicted octanol–water partition coefficient (Wildman–Crippen LogP) is 2.28. The van der Waals surface area contributed by atoms with Gasteiger partial charge in [0.25, 0.3) is 0 Å². The third kappa shape index (κ3) is 6.10. The van der Waals surface area contributed by atoms with Gasteiger partial charge in [-0.25, -0.2) is 10.3 Å². The van der Waals surface area contributed by atoms with E-state index in [0.717, 1.165) is 11.3 Å². The molecule has 1 aromatic rings. The van der Waals surface area contributed by atoms with Crippen LogP contribution in [-0.2, 0) is 11.4 Å². The first kappa shape index (κ1) is 15.3. The smallest absolute Gasteiger partial charge is 0.338 e. The summed E-state index contributed by atoms with van der Waals surface area (Å²) in [5.41, 5.74) is 4.13. The molecule has 2 amide bonds. The first-order valence-corrected chi connectivity index (χ1v) is 6.26. The SMILES string of the molecule is CN(C)c1ccc(CNC(=O)NOC(C)(C)C)cc1. The third-order valence-electron chi connectivity index (χ3n) is 2.36. The average molecular weight is 265 g/mol. The molecule has 1 rings (SSSR count). The molecule has 0 radical (unpaired) electrons. The number of carbonyl (C=O) groups is 1. The maximum Gasteiger partial charge on any atom is 0.338 e. The molecule has 0 unspecified atom stereocenters. The van der Waals surface area contributed by atoms with Crippen molar-refractivity contribution in [3.05, 3.63) is 29.8 Å². The highest BCUT2D eigenvalue weighted by Gasteiger charge is 2.12. The number of hydrogen-bond acceptors (Lipinski definition) is 3. The second-order valence-corrected chi connectivity index (χ2v) is 5.56. The van der Waals surface area contributed by atoms with E-state index < -0.39 is 5.60 Å². The van der Waals surface area contributed by atoms with Crippen LogP contribution in [0.5, 0.6) is 0 Å². The van der Waals surface area contributed by atoms with Gasteiger partial charge in [0.2, 0.25) is 0 Å². The number of hydroxylamine groups is 1. The van der Waals surface area contributed by atoms with E-state index >= 15 is 0 Å². The highest BCUT2D eigenvalue weighted by atomic mass is 16.7. The van der Waals surface area contributed by atoms with Gasteiger partial charge in [0.05, 0.1) is 5.60 Å². The molecule has 0 spiro atoms. The zero-order valence-corrected chi connectivity index (χ0v) is 12.3. The zero-order valence-electron chi connectivity index (χ0n) is 12.3. The maximum absolute atomic E-state index is 11.5. The molecule has 2 N–H and O–H groups in total. The Morgan fingerprint density at radius 2 is 1.79 bits per heavy atom. The topological polar surface area (TPSA) is 53.6 Å². The Balaban J connectivity index is 2.38. The van der Waals surface area contributed by atoms with Gasteiger partial charge >= 0.3 is 6.03 Å². The molecule has 0 aliphatic rings. The molecule has 1 aromatic carbocycles. The van der Waals surface area contributed by atoms with E-state index in [1.165, 1.54) is 0 Å². The second-order valence-electron chi connectivity index (χ2n) is 5.56. The van der Waals surface area contributed by atoms with Gasteiger partial charge in [-0.15, -0.1) is 0 Å². The number of hydrogen-bond donors (Lipinski definition) is 2. The van der Waals surface area contributed by atoms with E-state index in [1.807, 2.05) is 64.0 Å². The number of anilines is 1. The Morgan fingerprint density at radius 3 is 2.26 bits per heavy atom. The summed E-state index contributed by atoms with van der Waals surface area (Å²) in [6.07, 6.45) is 0. The van der Waals surface area contributed by atoms with Crippen LogP contribution in [-0.4, -0.2) is 25.7 Å². The largest absolute Gasteiger partial charge is 0.378 e. The van der Waals surface area contributed by atoms with Crippen molar-refractivity contribution in [1.82, 2.24) is 10.8 Å². The van der Waals surface area contributed by atoms with E-state index in [1.54, 1.807) is 0 Å². The summed E-state index contributed by atoms with van der Waals surface area (Å²) in [7, 11) is 3.98. The number of urea groups is 1. The van der Waals surface area contributed by atoms with Crippen molar-refractivity contribution in [3.63, 3.8) is 0 Å². The van der Waals surface area contributed by atoms with E-state index in [4.69, 9.17) is 4.84 Å². The summed E-state index contributed by atoms with van der Waals surface area (Å²) in [5, 5.41) is 2.73. The lowest BCUT2D eigenvalue weighted by atomic mass is 10.2. The molecule has 5 nitrogen and oxygen atoms in total.